The standard InChI is InChI=1S/C13H14N2O2S/c1-8-6-11(16)15(12(17)7-8)10-5-3-2-4-9(10)13(14)18/h2-5,8H,6-7H2,1H3,(H2,14,18). The van der Waals surface area contributed by atoms with E-state index in [-0.39, 0.29) is 22.7 Å². The average molecular weight is 262 g/mol. The Hall–Kier alpha value is -1.75. The van der Waals surface area contributed by atoms with E-state index >= 15 is 0 Å². The van der Waals surface area contributed by atoms with Crippen molar-refractivity contribution in [2.45, 2.75) is 19.8 Å². The molecule has 1 aliphatic rings. The minimum absolute atomic E-state index is 0.0956. The van der Waals surface area contributed by atoms with Crippen LogP contribution in [0.4, 0.5) is 5.69 Å². The van der Waals surface area contributed by atoms with Crippen LogP contribution in [0, 0.1) is 5.92 Å². The van der Waals surface area contributed by atoms with Crippen molar-refractivity contribution < 1.29 is 9.59 Å². The molecule has 1 saturated heterocycles. The Morgan fingerprint density at radius 3 is 2.39 bits per heavy atom. The van der Waals surface area contributed by atoms with E-state index in [1.54, 1.807) is 24.3 Å². The molecule has 1 heterocycles. The van der Waals surface area contributed by atoms with E-state index < -0.39 is 0 Å². The van der Waals surface area contributed by atoms with Crippen molar-refractivity contribution in [2.75, 3.05) is 4.90 Å². The SMILES string of the molecule is CC1CC(=O)N(c2ccccc2C(N)=S)C(=O)C1. The Kier molecular flexibility index (Phi) is 3.43. The van der Waals surface area contributed by atoms with Gasteiger partial charge in [0.25, 0.3) is 0 Å². The molecule has 0 spiro atoms. The predicted octanol–water partition coefficient (Wildman–Crippen LogP) is 1.61. The summed E-state index contributed by atoms with van der Waals surface area (Å²) in [6.45, 7) is 1.90. The van der Waals surface area contributed by atoms with Crippen molar-refractivity contribution in [2.24, 2.45) is 11.7 Å². The number of nitrogens with zero attached hydrogens (tertiary/aromatic N) is 1. The highest BCUT2D eigenvalue weighted by molar-refractivity contribution is 7.80. The Morgan fingerprint density at radius 1 is 1.28 bits per heavy atom. The Labute approximate surface area is 111 Å². The molecule has 2 amide bonds. The molecule has 0 radical (unpaired) electrons. The van der Waals surface area contributed by atoms with Crippen molar-refractivity contribution >= 4 is 34.7 Å². The van der Waals surface area contributed by atoms with Crippen LogP contribution >= 0.6 is 12.2 Å². The summed E-state index contributed by atoms with van der Waals surface area (Å²) in [6, 6.07) is 6.95. The monoisotopic (exact) mass is 262 g/mol. The summed E-state index contributed by atoms with van der Waals surface area (Å²) < 4.78 is 0. The van der Waals surface area contributed by atoms with Gasteiger partial charge in [-0.05, 0) is 18.1 Å². The third kappa shape index (κ3) is 2.26. The first-order chi connectivity index (χ1) is 8.50. The highest BCUT2D eigenvalue weighted by Crippen LogP contribution is 2.27. The Balaban J connectivity index is 2.45. The lowest BCUT2D eigenvalue weighted by atomic mass is 9.96. The van der Waals surface area contributed by atoms with Gasteiger partial charge in [-0.3, -0.25) is 9.59 Å². The van der Waals surface area contributed by atoms with E-state index in [4.69, 9.17) is 18.0 Å². The highest BCUT2D eigenvalue weighted by Gasteiger charge is 2.32. The van der Waals surface area contributed by atoms with E-state index in [1.807, 2.05) is 6.92 Å². The topological polar surface area (TPSA) is 63.4 Å². The molecule has 0 bridgehead atoms. The summed E-state index contributed by atoms with van der Waals surface area (Å²) in [7, 11) is 0. The van der Waals surface area contributed by atoms with Crippen molar-refractivity contribution in [3.05, 3.63) is 29.8 Å². The molecule has 18 heavy (non-hydrogen) atoms. The molecule has 0 unspecified atom stereocenters. The third-order valence-corrected chi connectivity index (χ3v) is 3.18. The van der Waals surface area contributed by atoms with Gasteiger partial charge in [-0.2, -0.15) is 0 Å². The van der Waals surface area contributed by atoms with E-state index in [0.717, 1.165) is 0 Å². The zero-order valence-electron chi connectivity index (χ0n) is 10.1. The predicted molar refractivity (Wildman–Crippen MR) is 73.2 cm³/mol. The fraction of sp³-hybridized carbons (Fsp3) is 0.308. The first kappa shape index (κ1) is 12.7. The number of amides is 2. The molecular formula is C13H14N2O2S. The molecule has 0 aromatic heterocycles. The molecule has 0 aliphatic carbocycles. The molecule has 1 aliphatic heterocycles. The molecule has 0 atom stereocenters. The molecule has 1 aromatic rings. The second kappa shape index (κ2) is 4.86. The number of para-hydroxylation sites is 1. The zero-order chi connectivity index (χ0) is 13.3. The lowest BCUT2D eigenvalue weighted by Gasteiger charge is -2.29. The van der Waals surface area contributed by atoms with Crippen LogP contribution in [0.25, 0.3) is 0 Å². The van der Waals surface area contributed by atoms with E-state index in [1.165, 1.54) is 4.90 Å². The van der Waals surface area contributed by atoms with E-state index in [2.05, 4.69) is 0 Å². The molecule has 4 nitrogen and oxygen atoms in total. The largest absolute Gasteiger partial charge is 0.389 e. The fourth-order valence-corrected chi connectivity index (χ4v) is 2.31. The van der Waals surface area contributed by atoms with Gasteiger partial charge in [0.05, 0.1) is 5.69 Å². The van der Waals surface area contributed by atoms with Crippen molar-refractivity contribution in [3.63, 3.8) is 0 Å². The third-order valence-electron chi connectivity index (χ3n) is 2.96. The minimum Gasteiger partial charge on any atom is -0.389 e. The number of rotatable bonds is 2. The van der Waals surface area contributed by atoms with Crippen LogP contribution in [0.15, 0.2) is 24.3 Å². The maximum Gasteiger partial charge on any atom is 0.234 e. The Morgan fingerprint density at radius 2 is 1.83 bits per heavy atom. The number of nitrogens with two attached hydrogens (primary N) is 1. The lowest BCUT2D eigenvalue weighted by molar-refractivity contribution is -0.130. The molecule has 2 rings (SSSR count). The summed E-state index contributed by atoms with van der Waals surface area (Å²) >= 11 is 4.95. The van der Waals surface area contributed by atoms with Crippen LogP contribution in [0.5, 0.6) is 0 Å². The number of piperidine rings is 1. The van der Waals surface area contributed by atoms with Gasteiger partial charge < -0.3 is 5.73 Å². The highest BCUT2D eigenvalue weighted by atomic mass is 32.1. The first-order valence-corrected chi connectivity index (χ1v) is 6.16. The van der Waals surface area contributed by atoms with Gasteiger partial charge in [-0.15, -0.1) is 0 Å². The summed E-state index contributed by atoms with van der Waals surface area (Å²) in [6.07, 6.45) is 0.745. The van der Waals surface area contributed by atoms with Crippen molar-refractivity contribution in [3.8, 4) is 0 Å². The first-order valence-electron chi connectivity index (χ1n) is 5.75. The van der Waals surface area contributed by atoms with Gasteiger partial charge in [0.1, 0.15) is 4.99 Å². The number of benzene rings is 1. The van der Waals surface area contributed by atoms with Crippen LogP contribution in [-0.4, -0.2) is 16.8 Å². The van der Waals surface area contributed by atoms with Crippen LogP contribution < -0.4 is 10.6 Å². The summed E-state index contributed by atoms with van der Waals surface area (Å²) in [5, 5.41) is 0. The van der Waals surface area contributed by atoms with Gasteiger partial charge in [-0.25, -0.2) is 4.90 Å². The maximum absolute atomic E-state index is 12.0. The molecular weight excluding hydrogens is 248 g/mol. The number of hydrogen-bond acceptors (Lipinski definition) is 3. The molecule has 1 fully saturated rings. The second-order valence-corrected chi connectivity index (χ2v) is 4.96. The molecule has 2 N–H and O–H groups in total. The maximum atomic E-state index is 12.0. The summed E-state index contributed by atoms with van der Waals surface area (Å²) in [5.74, 6) is -0.289. The number of carbonyl (C=O) groups is 2. The van der Waals surface area contributed by atoms with Gasteiger partial charge in [0.15, 0.2) is 0 Å². The van der Waals surface area contributed by atoms with Gasteiger partial charge in [-0.1, -0.05) is 31.3 Å². The molecule has 1 aromatic carbocycles. The molecule has 5 heteroatoms. The van der Waals surface area contributed by atoms with Crippen LogP contribution in [-0.2, 0) is 9.59 Å². The summed E-state index contributed by atoms with van der Waals surface area (Å²) in [5.41, 5.74) is 6.67. The van der Waals surface area contributed by atoms with Crippen molar-refractivity contribution in [1.82, 2.24) is 0 Å². The van der Waals surface area contributed by atoms with Gasteiger partial charge in [0, 0.05) is 18.4 Å². The van der Waals surface area contributed by atoms with Crippen molar-refractivity contribution in [1.29, 1.82) is 0 Å². The normalized spacial score (nSPS) is 17.1. The number of thiocarbonyl (C=S) groups is 1. The number of carbonyl (C=O) groups excluding carboxylic acids is 2. The van der Waals surface area contributed by atoms with Gasteiger partial charge >= 0.3 is 0 Å². The van der Waals surface area contributed by atoms with Crippen LogP contribution in [0.1, 0.15) is 25.3 Å². The molecule has 0 saturated carbocycles. The number of hydrogen-bond donors (Lipinski definition) is 1. The van der Waals surface area contributed by atoms with Gasteiger partial charge in [0.2, 0.25) is 11.8 Å². The van der Waals surface area contributed by atoms with E-state index in [9.17, 15) is 9.59 Å². The smallest absolute Gasteiger partial charge is 0.234 e. The minimum atomic E-state index is -0.192. The van der Waals surface area contributed by atoms with E-state index in [0.29, 0.717) is 24.1 Å². The average Bonchev–Trinajstić information content (AvgIpc) is 2.28. The zero-order valence-corrected chi connectivity index (χ0v) is 10.9. The fourth-order valence-electron chi connectivity index (χ4n) is 2.14. The number of anilines is 1. The second-order valence-electron chi connectivity index (χ2n) is 4.52. The molecule has 94 valence electrons. The number of imide groups is 1. The summed E-state index contributed by atoms with van der Waals surface area (Å²) in [4.78, 5) is 25.4. The quantitative estimate of drug-likeness (QED) is 0.649. The van der Waals surface area contributed by atoms with Crippen LogP contribution in [0.2, 0.25) is 0 Å². The Bertz CT molecular complexity index is 509. The lowest BCUT2D eigenvalue weighted by Crippen LogP contribution is -2.43. The van der Waals surface area contributed by atoms with Crippen LogP contribution in [0.3, 0.4) is 0 Å².